The van der Waals surface area contributed by atoms with E-state index in [2.05, 4.69) is 30.0 Å². The minimum atomic E-state index is -0.687. The van der Waals surface area contributed by atoms with Crippen molar-refractivity contribution >= 4 is 17.5 Å². The lowest BCUT2D eigenvalue weighted by Crippen LogP contribution is -2.42. The predicted molar refractivity (Wildman–Crippen MR) is 103 cm³/mol. The van der Waals surface area contributed by atoms with Crippen LogP contribution >= 0.6 is 11.6 Å². The smallest absolute Gasteiger partial charge is 0.251 e. The number of aromatic nitrogens is 2. The van der Waals surface area contributed by atoms with Crippen LogP contribution in [0.25, 0.3) is 0 Å². The van der Waals surface area contributed by atoms with Crippen molar-refractivity contribution in [2.45, 2.75) is 51.0 Å². The van der Waals surface area contributed by atoms with Crippen LogP contribution in [0.15, 0.2) is 30.6 Å². The monoisotopic (exact) mass is 388 g/mol. The van der Waals surface area contributed by atoms with Gasteiger partial charge in [-0.3, -0.25) is 14.4 Å². The molecule has 4 rings (SSSR count). The lowest BCUT2D eigenvalue weighted by Gasteiger charge is -2.39. The number of fused-ring (bicyclic) bond motifs is 2. The molecule has 7 heteroatoms. The molecule has 2 N–H and O–H groups in total. The van der Waals surface area contributed by atoms with Crippen LogP contribution in [0.4, 0.5) is 0 Å². The molecule has 1 amide bonds. The van der Waals surface area contributed by atoms with Crippen LogP contribution in [0.3, 0.4) is 0 Å². The summed E-state index contributed by atoms with van der Waals surface area (Å²) in [6.07, 6.45) is 4.98. The molecule has 1 unspecified atom stereocenters. The van der Waals surface area contributed by atoms with E-state index >= 15 is 0 Å². The fourth-order valence-electron chi connectivity index (χ4n) is 4.17. The van der Waals surface area contributed by atoms with Gasteiger partial charge < -0.3 is 10.5 Å². The Morgan fingerprint density at radius 2 is 2.15 bits per heavy atom. The molecule has 1 aromatic heterocycles. The summed E-state index contributed by atoms with van der Waals surface area (Å²) in [6, 6.07) is 5.96. The van der Waals surface area contributed by atoms with Crippen molar-refractivity contribution in [1.29, 1.82) is 0 Å². The van der Waals surface area contributed by atoms with Gasteiger partial charge >= 0.3 is 0 Å². The van der Waals surface area contributed by atoms with E-state index in [9.17, 15) is 4.79 Å². The number of halogens is 1. The number of rotatable bonds is 4. The zero-order valence-corrected chi connectivity index (χ0v) is 16.4. The molecule has 1 atom stereocenters. The number of amides is 1. The van der Waals surface area contributed by atoms with Gasteiger partial charge in [0.15, 0.2) is 6.10 Å². The third-order valence-electron chi connectivity index (χ3n) is 5.64. The molecule has 27 heavy (non-hydrogen) atoms. The maximum Gasteiger partial charge on any atom is 0.251 e. The third-order valence-corrected chi connectivity index (χ3v) is 5.88. The molecule has 144 valence electrons. The molecule has 1 aromatic carbocycles. The summed E-state index contributed by atoms with van der Waals surface area (Å²) in [7, 11) is 0. The van der Waals surface area contributed by atoms with E-state index in [1.807, 2.05) is 23.0 Å². The van der Waals surface area contributed by atoms with Crippen molar-refractivity contribution in [3.05, 3.63) is 52.3 Å². The van der Waals surface area contributed by atoms with E-state index in [0.717, 1.165) is 43.6 Å². The minimum Gasteiger partial charge on any atom is -0.367 e. The van der Waals surface area contributed by atoms with E-state index in [-0.39, 0.29) is 0 Å². The Labute approximate surface area is 164 Å². The molecule has 3 heterocycles. The van der Waals surface area contributed by atoms with Gasteiger partial charge in [0.05, 0.1) is 11.8 Å². The Morgan fingerprint density at radius 1 is 1.41 bits per heavy atom. The zero-order valence-electron chi connectivity index (χ0n) is 15.7. The topological polar surface area (TPSA) is 73.4 Å². The zero-order chi connectivity index (χ0) is 19.2. The van der Waals surface area contributed by atoms with E-state index in [4.69, 9.17) is 22.1 Å². The number of likely N-dealkylation sites (tertiary alicyclic amines) is 1. The molecule has 2 aliphatic rings. The van der Waals surface area contributed by atoms with Crippen molar-refractivity contribution < 1.29 is 9.53 Å². The van der Waals surface area contributed by atoms with Crippen LogP contribution in [0, 0.1) is 0 Å². The van der Waals surface area contributed by atoms with Crippen molar-refractivity contribution in [3.8, 4) is 0 Å². The summed E-state index contributed by atoms with van der Waals surface area (Å²) in [5.41, 5.74) is 8.20. The van der Waals surface area contributed by atoms with Crippen LogP contribution in [0.2, 0.25) is 5.02 Å². The van der Waals surface area contributed by atoms with Gasteiger partial charge in [-0.25, -0.2) is 0 Å². The van der Waals surface area contributed by atoms with Gasteiger partial charge in [0.25, 0.3) is 5.91 Å². The SMILES string of the molecule is CC(C)n1cc(CN2CCC3(CC2)OC(C(N)=O)c2ccc(Cl)cc23)cn1. The van der Waals surface area contributed by atoms with Gasteiger partial charge in [-0.15, -0.1) is 0 Å². The molecule has 6 nitrogen and oxygen atoms in total. The van der Waals surface area contributed by atoms with Crippen LogP contribution in [0.1, 0.15) is 55.5 Å². The predicted octanol–water partition coefficient (Wildman–Crippen LogP) is 3.17. The van der Waals surface area contributed by atoms with Crippen LogP contribution in [-0.2, 0) is 21.7 Å². The first-order valence-electron chi connectivity index (χ1n) is 9.40. The van der Waals surface area contributed by atoms with Crippen LogP contribution in [-0.4, -0.2) is 33.7 Å². The van der Waals surface area contributed by atoms with Gasteiger partial charge in [0.2, 0.25) is 0 Å². The molecule has 0 aliphatic carbocycles. The fourth-order valence-corrected chi connectivity index (χ4v) is 4.35. The Hall–Kier alpha value is -1.89. The quantitative estimate of drug-likeness (QED) is 0.873. The standard InChI is InChI=1S/C20H25ClN4O2/c1-13(2)25-12-14(10-23-25)11-24-7-5-20(6-8-24)17-9-15(21)3-4-16(17)18(27-20)19(22)26/h3-4,9-10,12-13,18H,5-8,11H2,1-2H3,(H2,22,26). The second-order valence-electron chi connectivity index (χ2n) is 7.82. The first-order chi connectivity index (χ1) is 12.9. The van der Waals surface area contributed by atoms with Crippen molar-refractivity contribution in [2.24, 2.45) is 5.73 Å². The molecule has 1 saturated heterocycles. The number of nitrogens with two attached hydrogens (primary N) is 1. The van der Waals surface area contributed by atoms with Gasteiger partial charge in [-0.1, -0.05) is 17.7 Å². The van der Waals surface area contributed by atoms with Gasteiger partial charge in [-0.05, 0) is 49.9 Å². The summed E-state index contributed by atoms with van der Waals surface area (Å²) in [5.74, 6) is -0.445. The highest BCUT2D eigenvalue weighted by Gasteiger charge is 2.48. The van der Waals surface area contributed by atoms with Crippen LogP contribution < -0.4 is 5.73 Å². The maximum atomic E-state index is 11.9. The summed E-state index contributed by atoms with van der Waals surface area (Å²) >= 11 is 6.23. The van der Waals surface area contributed by atoms with Crippen LogP contribution in [0.5, 0.6) is 0 Å². The molecule has 1 spiro atoms. The number of carbonyl (C=O) groups is 1. The fraction of sp³-hybridized carbons (Fsp3) is 0.500. The lowest BCUT2D eigenvalue weighted by molar-refractivity contribution is -0.148. The largest absolute Gasteiger partial charge is 0.367 e. The number of nitrogens with zero attached hydrogens (tertiary/aromatic N) is 3. The number of piperidine rings is 1. The average Bonchev–Trinajstić information content (AvgIpc) is 3.21. The summed E-state index contributed by atoms with van der Waals surface area (Å²) in [4.78, 5) is 14.3. The number of carbonyl (C=O) groups excluding carboxylic acids is 1. The highest BCUT2D eigenvalue weighted by Crippen LogP contribution is 2.50. The third kappa shape index (κ3) is 3.37. The van der Waals surface area contributed by atoms with Gasteiger partial charge in [0, 0.05) is 42.5 Å². The minimum absolute atomic E-state index is 0.363. The number of hydrogen-bond donors (Lipinski definition) is 1. The molecule has 2 aliphatic heterocycles. The molecule has 2 aromatic rings. The van der Waals surface area contributed by atoms with Crippen molar-refractivity contribution in [1.82, 2.24) is 14.7 Å². The van der Waals surface area contributed by atoms with Gasteiger partial charge in [0.1, 0.15) is 0 Å². The first kappa shape index (κ1) is 18.5. The van der Waals surface area contributed by atoms with Gasteiger partial charge in [-0.2, -0.15) is 5.10 Å². The Morgan fingerprint density at radius 3 is 2.78 bits per heavy atom. The molecular formula is C20H25ClN4O2. The summed E-state index contributed by atoms with van der Waals surface area (Å²) in [5, 5.41) is 5.08. The molecule has 0 bridgehead atoms. The number of benzene rings is 1. The number of hydrogen-bond acceptors (Lipinski definition) is 4. The Balaban J connectivity index is 1.49. The molecule has 0 radical (unpaired) electrons. The normalized spacial score (nSPS) is 21.7. The molecule has 0 saturated carbocycles. The maximum absolute atomic E-state index is 11.9. The average molecular weight is 389 g/mol. The van der Waals surface area contributed by atoms with E-state index in [1.165, 1.54) is 5.56 Å². The lowest BCUT2D eigenvalue weighted by atomic mass is 9.83. The van der Waals surface area contributed by atoms with E-state index in [0.29, 0.717) is 11.1 Å². The van der Waals surface area contributed by atoms with Crippen molar-refractivity contribution in [3.63, 3.8) is 0 Å². The Kier molecular flexibility index (Phi) is 4.74. The van der Waals surface area contributed by atoms with E-state index in [1.54, 1.807) is 6.07 Å². The summed E-state index contributed by atoms with van der Waals surface area (Å²) < 4.78 is 8.22. The molecular weight excluding hydrogens is 364 g/mol. The number of primary amides is 1. The van der Waals surface area contributed by atoms with E-state index < -0.39 is 17.6 Å². The molecule has 1 fully saturated rings. The first-order valence-corrected chi connectivity index (χ1v) is 9.78. The van der Waals surface area contributed by atoms with Crippen molar-refractivity contribution in [2.75, 3.05) is 13.1 Å². The second kappa shape index (κ2) is 6.93. The number of ether oxygens (including phenoxy) is 1. The highest BCUT2D eigenvalue weighted by atomic mass is 35.5. The summed E-state index contributed by atoms with van der Waals surface area (Å²) in [6.45, 7) is 6.87. The second-order valence-corrected chi connectivity index (χ2v) is 8.26. The highest BCUT2D eigenvalue weighted by molar-refractivity contribution is 6.30. The Bertz CT molecular complexity index is 855.